The molecular formula is C26H27Cl2FN6O. The fourth-order valence-electron chi connectivity index (χ4n) is 5.88. The zero-order valence-electron chi connectivity index (χ0n) is 19.6. The highest BCUT2D eigenvalue weighted by molar-refractivity contribution is 6.35. The third-order valence-electron chi connectivity index (χ3n) is 7.71. The first-order valence-electron chi connectivity index (χ1n) is 12.3. The van der Waals surface area contributed by atoms with Gasteiger partial charge >= 0.3 is 6.03 Å². The molecule has 0 spiro atoms. The quantitative estimate of drug-likeness (QED) is 0.453. The Labute approximate surface area is 218 Å². The highest BCUT2D eigenvalue weighted by Gasteiger charge is 2.44. The molecule has 0 bridgehead atoms. The summed E-state index contributed by atoms with van der Waals surface area (Å²) in [5.41, 5.74) is 10.5. The van der Waals surface area contributed by atoms with Crippen molar-refractivity contribution in [2.45, 2.75) is 55.9 Å². The number of fused-ring (bicyclic) bond motifs is 2. The molecule has 1 aromatic heterocycles. The van der Waals surface area contributed by atoms with Crippen LogP contribution in [-0.4, -0.2) is 53.6 Å². The Kier molecular flexibility index (Phi) is 6.14. The van der Waals surface area contributed by atoms with Crippen molar-refractivity contribution in [1.29, 1.82) is 0 Å². The number of nitrogens with zero attached hydrogens (tertiary/aromatic N) is 3. The predicted molar refractivity (Wildman–Crippen MR) is 141 cm³/mol. The SMILES string of the molecule is NC1CCN(c2c(-c3cc(Cl)cc(Cl)c3)nnc3ccc(C4CC(F)C5NC(=O)NC5C4)cc23)CC1. The predicted octanol–water partition coefficient (Wildman–Crippen LogP) is 4.80. The number of rotatable bonds is 3. The highest BCUT2D eigenvalue weighted by Crippen LogP contribution is 2.41. The topological polar surface area (TPSA) is 96.2 Å². The minimum absolute atomic E-state index is 0.0225. The Hall–Kier alpha value is -2.68. The second-order valence-electron chi connectivity index (χ2n) is 10.1. The van der Waals surface area contributed by atoms with Crippen LogP contribution in [0.2, 0.25) is 10.0 Å². The Morgan fingerprint density at radius 1 is 1.00 bits per heavy atom. The molecule has 1 saturated carbocycles. The number of nitrogens with one attached hydrogen (secondary N) is 2. The number of aromatic nitrogens is 2. The van der Waals surface area contributed by atoms with E-state index in [1.54, 1.807) is 6.07 Å². The average Bonchev–Trinajstić information content (AvgIpc) is 3.24. The number of nitrogens with two attached hydrogens (primary N) is 1. The van der Waals surface area contributed by atoms with Gasteiger partial charge in [-0.1, -0.05) is 29.3 Å². The first-order valence-corrected chi connectivity index (χ1v) is 13.1. The Morgan fingerprint density at radius 3 is 2.50 bits per heavy atom. The third kappa shape index (κ3) is 4.35. The first kappa shape index (κ1) is 23.7. The number of carbonyl (C=O) groups excluding carboxylic acids is 1. The van der Waals surface area contributed by atoms with Gasteiger partial charge in [-0.25, -0.2) is 9.18 Å². The lowest BCUT2D eigenvalue weighted by Gasteiger charge is -2.35. The molecule has 188 valence electrons. The van der Waals surface area contributed by atoms with E-state index in [9.17, 15) is 4.79 Å². The number of piperidine rings is 1. The summed E-state index contributed by atoms with van der Waals surface area (Å²) in [4.78, 5) is 14.1. The Bertz CT molecular complexity index is 1310. The number of anilines is 1. The number of urea groups is 1. The van der Waals surface area contributed by atoms with Crippen LogP contribution in [0.1, 0.15) is 37.2 Å². The standard InChI is InChI=1S/C26H27Cl2FN6O/c27-16-7-15(8-17(28)12-16)23-25(35-5-3-18(30)4-6-35)19-9-13(1-2-21(19)33-34-23)14-10-20(29)24-22(11-14)31-26(36)32-24/h1-2,7-9,12,14,18,20,22,24H,3-6,10-11,30H2,(H2,31,32,36). The maximum atomic E-state index is 15.0. The number of carbonyl (C=O) groups is 1. The molecule has 3 aromatic rings. The molecule has 2 saturated heterocycles. The molecule has 3 aliphatic rings. The van der Waals surface area contributed by atoms with E-state index in [2.05, 4.69) is 31.8 Å². The second-order valence-corrected chi connectivity index (χ2v) is 11.0. The van der Waals surface area contributed by atoms with Gasteiger partial charge in [-0.15, -0.1) is 10.2 Å². The van der Waals surface area contributed by atoms with Crippen LogP contribution < -0.4 is 21.3 Å². The van der Waals surface area contributed by atoms with Gasteiger partial charge in [0.05, 0.1) is 23.3 Å². The van der Waals surface area contributed by atoms with E-state index in [1.165, 1.54) is 0 Å². The summed E-state index contributed by atoms with van der Waals surface area (Å²) in [6.45, 7) is 1.59. The van der Waals surface area contributed by atoms with Crippen molar-refractivity contribution >= 4 is 45.8 Å². The lowest BCUT2D eigenvalue weighted by molar-refractivity contribution is 0.175. The number of alkyl halides is 1. The molecule has 3 heterocycles. The van der Waals surface area contributed by atoms with Crippen LogP contribution in [0.3, 0.4) is 0 Å². The van der Waals surface area contributed by atoms with Gasteiger partial charge in [-0.3, -0.25) is 0 Å². The minimum atomic E-state index is -1.11. The maximum Gasteiger partial charge on any atom is 0.315 e. The van der Waals surface area contributed by atoms with Gasteiger partial charge in [0.2, 0.25) is 0 Å². The molecule has 2 aromatic carbocycles. The van der Waals surface area contributed by atoms with Gasteiger partial charge in [0.1, 0.15) is 11.9 Å². The van der Waals surface area contributed by atoms with Crippen molar-refractivity contribution in [1.82, 2.24) is 20.8 Å². The molecule has 3 fully saturated rings. The van der Waals surface area contributed by atoms with Gasteiger partial charge in [0.25, 0.3) is 0 Å². The zero-order valence-corrected chi connectivity index (χ0v) is 21.1. The van der Waals surface area contributed by atoms with Gasteiger partial charge in [-0.05, 0) is 67.5 Å². The van der Waals surface area contributed by atoms with Gasteiger partial charge in [-0.2, -0.15) is 0 Å². The van der Waals surface area contributed by atoms with Crippen molar-refractivity contribution in [2.24, 2.45) is 5.73 Å². The largest absolute Gasteiger partial charge is 0.369 e. The van der Waals surface area contributed by atoms with Crippen molar-refractivity contribution in [3.63, 3.8) is 0 Å². The molecule has 2 amide bonds. The third-order valence-corrected chi connectivity index (χ3v) is 8.14. The Morgan fingerprint density at radius 2 is 1.75 bits per heavy atom. The molecule has 1 aliphatic carbocycles. The fraction of sp³-hybridized carbons (Fsp3) is 0.423. The van der Waals surface area contributed by atoms with E-state index in [4.69, 9.17) is 28.9 Å². The van der Waals surface area contributed by atoms with Crippen LogP contribution in [0.15, 0.2) is 36.4 Å². The van der Waals surface area contributed by atoms with Crippen molar-refractivity contribution in [3.8, 4) is 11.3 Å². The number of benzene rings is 2. The monoisotopic (exact) mass is 528 g/mol. The smallest absolute Gasteiger partial charge is 0.315 e. The summed E-state index contributed by atoms with van der Waals surface area (Å²) in [5, 5.41) is 16.7. The summed E-state index contributed by atoms with van der Waals surface area (Å²) in [6, 6.07) is 10.7. The van der Waals surface area contributed by atoms with E-state index >= 15 is 4.39 Å². The highest BCUT2D eigenvalue weighted by atomic mass is 35.5. The molecule has 10 heteroatoms. The summed E-state index contributed by atoms with van der Waals surface area (Å²) >= 11 is 12.7. The van der Waals surface area contributed by atoms with Crippen LogP contribution in [-0.2, 0) is 0 Å². The number of amides is 2. The van der Waals surface area contributed by atoms with Crippen LogP contribution in [0.5, 0.6) is 0 Å². The second kappa shape index (κ2) is 9.32. The molecule has 0 radical (unpaired) electrons. The molecule has 4 unspecified atom stereocenters. The van der Waals surface area contributed by atoms with Crippen LogP contribution in [0.25, 0.3) is 22.2 Å². The Balaban J connectivity index is 1.46. The van der Waals surface area contributed by atoms with Crippen LogP contribution in [0, 0.1) is 0 Å². The lowest BCUT2D eigenvalue weighted by Crippen LogP contribution is -2.46. The van der Waals surface area contributed by atoms with E-state index in [1.807, 2.05) is 24.3 Å². The summed E-state index contributed by atoms with van der Waals surface area (Å²) in [7, 11) is 0. The molecule has 6 rings (SSSR count). The van der Waals surface area contributed by atoms with Crippen molar-refractivity contribution in [2.75, 3.05) is 18.0 Å². The average molecular weight is 529 g/mol. The number of hydrogen-bond acceptors (Lipinski definition) is 5. The molecule has 4 atom stereocenters. The van der Waals surface area contributed by atoms with Crippen LogP contribution >= 0.6 is 23.2 Å². The molecule has 4 N–H and O–H groups in total. The van der Waals surface area contributed by atoms with E-state index < -0.39 is 12.2 Å². The fourth-order valence-corrected chi connectivity index (χ4v) is 6.41. The summed E-state index contributed by atoms with van der Waals surface area (Å²) in [5.74, 6) is -0.0225. The van der Waals surface area contributed by atoms with E-state index in [0.29, 0.717) is 28.6 Å². The van der Waals surface area contributed by atoms with Gasteiger partial charge < -0.3 is 21.3 Å². The van der Waals surface area contributed by atoms with E-state index in [0.717, 1.165) is 53.6 Å². The van der Waals surface area contributed by atoms with E-state index in [-0.39, 0.29) is 24.0 Å². The maximum absolute atomic E-state index is 15.0. The zero-order chi connectivity index (χ0) is 25.0. The van der Waals surface area contributed by atoms with Crippen molar-refractivity contribution < 1.29 is 9.18 Å². The minimum Gasteiger partial charge on any atom is -0.369 e. The summed E-state index contributed by atoms with van der Waals surface area (Å²) in [6.07, 6.45) is 1.68. The lowest BCUT2D eigenvalue weighted by atomic mass is 9.78. The molecule has 2 aliphatic heterocycles. The first-order chi connectivity index (χ1) is 17.4. The molecule has 36 heavy (non-hydrogen) atoms. The van der Waals surface area contributed by atoms with Gasteiger partial charge in [0, 0.05) is 40.1 Å². The molecule has 7 nitrogen and oxygen atoms in total. The van der Waals surface area contributed by atoms with Crippen LogP contribution in [0.4, 0.5) is 14.9 Å². The number of halogens is 3. The molecular weight excluding hydrogens is 502 g/mol. The van der Waals surface area contributed by atoms with Crippen molar-refractivity contribution in [3.05, 3.63) is 52.0 Å². The summed E-state index contributed by atoms with van der Waals surface area (Å²) < 4.78 is 15.0. The van der Waals surface area contributed by atoms with Gasteiger partial charge in [0.15, 0.2) is 0 Å². The number of hydrogen-bond donors (Lipinski definition) is 3. The normalized spacial score (nSPS) is 26.6.